The SMILES string of the molecule is CCCCCCCCCCCCCCCCCC(=O)Oc1ccccc1[N+](=O)[O-]. The van der Waals surface area contributed by atoms with Crippen molar-refractivity contribution in [2.24, 2.45) is 0 Å². The highest BCUT2D eigenvalue weighted by Gasteiger charge is 2.16. The molecule has 0 saturated heterocycles. The third kappa shape index (κ3) is 13.0. The number of ether oxygens (including phenoxy) is 1. The molecule has 1 aromatic rings. The van der Waals surface area contributed by atoms with Crippen molar-refractivity contribution in [1.82, 2.24) is 0 Å². The Morgan fingerprint density at radius 1 is 0.793 bits per heavy atom. The smallest absolute Gasteiger partial charge is 0.311 e. The van der Waals surface area contributed by atoms with Crippen LogP contribution in [0.4, 0.5) is 5.69 Å². The average molecular weight is 406 g/mol. The summed E-state index contributed by atoms with van der Waals surface area (Å²) in [5.74, 6) is -0.363. The topological polar surface area (TPSA) is 69.4 Å². The summed E-state index contributed by atoms with van der Waals surface area (Å²) in [4.78, 5) is 22.3. The van der Waals surface area contributed by atoms with E-state index in [0.29, 0.717) is 6.42 Å². The van der Waals surface area contributed by atoms with Gasteiger partial charge in [-0.3, -0.25) is 14.9 Å². The molecule has 0 saturated carbocycles. The molecule has 0 amide bonds. The number of nitro benzene ring substituents is 1. The molecular formula is C24H39NO4. The predicted octanol–water partition coefficient (Wildman–Crippen LogP) is 7.76. The lowest BCUT2D eigenvalue weighted by Crippen LogP contribution is -2.08. The summed E-state index contributed by atoms with van der Waals surface area (Å²) in [6.45, 7) is 2.26. The molecular weight excluding hydrogens is 366 g/mol. The first-order valence-electron chi connectivity index (χ1n) is 11.6. The first kappa shape index (κ1) is 25.1. The van der Waals surface area contributed by atoms with Crippen molar-refractivity contribution in [3.05, 3.63) is 34.4 Å². The van der Waals surface area contributed by atoms with Crippen LogP contribution in [0.3, 0.4) is 0 Å². The van der Waals surface area contributed by atoms with E-state index in [0.717, 1.165) is 19.3 Å². The summed E-state index contributed by atoms with van der Waals surface area (Å²) in [5, 5.41) is 10.9. The van der Waals surface area contributed by atoms with E-state index in [1.807, 2.05) is 0 Å². The first-order chi connectivity index (χ1) is 14.1. The molecule has 0 heterocycles. The lowest BCUT2D eigenvalue weighted by molar-refractivity contribution is -0.385. The molecule has 0 unspecified atom stereocenters. The molecule has 0 radical (unpaired) electrons. The number of carbonyl (C=O) groups is 1. The van der Waals surface area contributed by atoms with Crippen molar-refractivity contribution in [1.29, 1.82) is 0 Å². The Bertz CT molecular complexity index is 574. The van der Waals surface area contributed by atoms with Crippen LogP contribution in [-0.4, -0.2) is 10.9 Å². The number of hydrogen-bond donors (Lipinski definition) is 0. The molecule has 5 nitrogen and oxygen atoms in total. The molecule has 1 rings (SSSR count). The standard InChI is InChI=1S/C24H39NO4/c1-2-3-4-5-6-7-8-9-10-11-12-13-14-15-16-21-24(26)29-23-20-18-17-19-22(23)25(27)28/h17-20H,2-16,21H2,1H3. The zero-order valence-electron chi connectivity index (χ0n) is 18.2. The number of rotatable bonds is 18. The summed E-state index contributed by atoms with van der Waals surface area (Å²) >= 11 is 0. The Labute approximate surface area is 176 Å². The number of carbonyl (C=O) groups excluding carboxylic acids is 1. The van der Waals surface area contributed by atoms with E-state index in [1.165, 1.54) is 89.2 Å². The van der Waals surface area contributed by atoms with Gasteiger partial charge in [0.25, 0.3) is 0 Å². The highest BCUT2D eigenvalue weighted by molar-refractivity contribution is 5.73. The quantitative estimate of drug-likeness (QED) is 0.0822. The molecule has 0 aliphatic carbocycles. The zero-order valence-corrected chi connectivity index (χ0v) is 18.2. The minimum Gasteiger partial charge on any atom is -0.419 e. The van der Waals surface area contributed by atoms with E-state index in [2.05, 4.69) is 6.92 Å². The van der Waals surface area contributed by atoms with Gasteiger partial charge in [-0.15, -0.1) is 0 Å². The van der Waals surface area contributed by atoms with E-state index >= 15 is 0 Å². The molecule has 0 aliphatic heterocycles. The zero-order chi connectivity index (χ0) is 21.2. The fraction of sp³-hybridized carbons (Fsp3) is 0.708. The summed E-state index contributed by atoms with van der Waals surface area (Å²) in [5.41, 5.74) is -0.169. The Kier molecular flexibility index (Phi) is 14.7. The van der Waals surface area contributed by atoms with Gasteiger partial charge in [-0.2, -0.15) is 0 Å². The van der Waals surface area contributed by atoms with E-state index in [-0.39, 0.29) is 11.4 Å². The highest BCUT2D eigenvalue weighted by atomic mass is 16.6. The Morgan fingerprint density at radius 2 is 1.24 bits per heavy atom. The summed E-state index contributed by atoms with van der Waals surface area (Å²) < 4.78 is 5.15. The normalized spacial score (nSPS) is 10.8. The van der Waals surface area contributed by atoms with Crippen LogP contribution in [0.2, 0.25) is 0 Å². The second-order valence-electron chi connectivity index (χ2n) is 7.90. The molecule has 0 N–H and O–H groups in total. The summed E-state index contributed by atoms with van der Waals surface area (Å²) in [7, 11) is 0. The molecule has 1 aromatic carbocycles. The Hall–Kier alpha value is -1.91. The summed E-state index contributed by atoms with van der Waals surface area (Å²) in [6.07, 6.45) is 19.4. The maximum Gasteiger partial charge on any atom is 0.311 e. The second kappa shape index (κ2) is 17.0. The van der Waals surface area contributed by atoms with Gasteiger partial charge in [-0.05, 0) is 12.5 Å². The second-order valence-corrected chi connectivity index (χ2v) is 7.90. The number of benzene rings is 1. The van der Waals surface area contributed by atoms with Crippen molar-refractivity contribution in [3.8, 4) is 5.75 Å². The first-order valence-corrected chi connectivity index (χ1v) is 11.6. The van der Waals surface area contributed by atoms with Crippen LogP contribution in [0, 0.1) is 10.1 Å². The van der Waals surface area contributed by atoms with E-state index in [4.69, 9.17) is 4.74 Å². The van der Waals surface area contributed by atoms with Crippen molar-refractivity contribution < 1.29 is 14.5 Å². The minimum absolute atomic E-state index is 0.0310. The lowest BCUT2D eigenvalue weighted by Gasteiger charge is -2.05. The number of nitrogens with zero attached hydrogens (tertiary/aromatic N) is 1. The van der Waals surface area contributed by atoms with Gasteiger partial charge in [0.15, 0.2) is 0 Å². The van der Waals surface area contributed by atoms with Gasteiger partial charge in [0, 0.05) is 12.5 Å². The van der Waals surface area contributed by atoms with Gasteiger partial charge in [-0.25, -0.2) is 0 Å². The monoisotopic (exact) mass is 405 g/mol. The number of nitro groups is 1. The molecule has 5 heteroatoms. The van der Waals surface area contributed by atoms with Crippen LogP contribution in [0.25, 0.3) is 0 Å². The van der Waals surface area contributed by atoms with Crippen LogP contribution in [0.1, 0.15) is 110 Å². The average Bonchev–Trinajstić information content (AvgIpc) is 2.71. The fourth-order valence-corrected chi connectivity index (χ4v) is 3.51. The van der Waals surface area contributed by atoms with E-state index < -0.39 is 10.9 Å². The maximum atomic E-state index is 11.9. The van der Waals surface area contributed by atoms with Crippen LogP contribution in [0.15, 0.2) is 24.3 Å². The minimum atomic E-state index is -0.532. The van der Waals surface area contributed by atoms with Crippen molar-refractivity contribution in [2.45, 2.75) is 110 Å². The van der Waals surface area contributed by atoms with Crippen LogP contribution in [-0.2, 0) is 4.79 Å². The van der Waals surface area contributed by atoms with Gasteiger partial charge in [0.1, 0.15) is 0 Å². The molecule has 0 aromatic heterocycles. The molecule has 0 fully saturated rings. The van der Waals surface area contributed by atoms with Crippen molar-refractivity contribution in [3.63, 3.8) is 0 Å². The highest BCUT2D eigenvalue weighted by Crippen LogP contribution is 2.26. The molecule has 164 valence electrons. The van der Waals surface area contributed by atoms with Gasteiger partial charge in [0.2, 0.25) is 5.75 Å². The van der Waals surface area contributed by atoms with Crippen molar-refractivity contribution >= 4 is 11.7 Å². The summed E-state index contributed by atoms with van der Waals surface area (Å²) in [6, 6.07) is 5.99. The van der Waals surface area contributed by atoms with Gasteiger partial charge >= 0.3 is 11.7 Å². The van der Waals surface area contributed by atoms with Crippen LogP contribution in [0.5, 0.6) is 5.75 Å². The largest absolute Gasteiger partial charge is 0.419 e. The number of esters is 1. The van der Waals surface area contributed by atoms with Crippen LogP contribution >= 0.6 is 0 Å². The van der Waals surface area contributed by atoms with E-state index in [1.54, 1.807) is 12.1 Å². The Morgan fingerprint density at radius 3 is 1.72 bits per heavy atom. The fourth-order valence-electron chi connectivity index (χ4n) is 3.51. The number of para-hydroxylation sites is 2. The lowest BCUT2D eigenvalue weighted by atomic mass is 10.0. The Balaban J connectivity index is 1.92. The van der Waals surface area contributed by atoms with Gasteiger partial charge in [-0.1, -0.05) is 109 Å². The van der Waals surface area contributed by atoms with Gasteiger partial charge < -0.3 is 4.74 Å². The molecule has 0 aliphatic rings. The van der Waals surface area contributed by atoms with E-state index in [9.17, 15) is 14.9 Å². The van der Waals surface area contributed by atoms with Crippen LogP contribution < -0.4 is 4.74 Å². The molecule has 0 atom stereocenters. The predicted molar refractivity (Wildman–Crippen MR) is 118 cm³/mol. The van der Waals surface area contributed by atoms with Crippen molar-refractivity contribution in [2.75, 3.05) is 0 Å². The number of unbranched alkanes of at least 4 members (excludes halogenated alkanes) is 14. The molecule has 0 spiro atoms. The number of hydrogen-bond acceptors (Lipinski definition) is 4. The van der Waals surface area contributed by atoms with Gasteiger partial charge in [0.05, 0.1) is 4.92 Å². The molecule has 29 heavy (non-hydrogen) atoms. The third-order valence-electron chi connectivity index (χ3n) is 5.27. The maximum absolute atomic E-state index is 11.9. The third-order valence-corrected chi connectivity index (χ3v) is 5.27. The molecule has 0 bridgehead atoms.